The largest absolute Gasteiger partial charge is 0.396 e. The standard InChI is InChI=1S/C10H18N4O2S/c1-14-9(8(11)7-13-14)10(16)12-3-6-17-5-2-4-15/h7,15H,2-6,11H2,1H3,(H,12,16). The van der Waals surface area contributed by atoms with Gasteiger partial charge in [-0.25, -0.2) is 0 Å². The molecule has 0 atom stereocenters. The minimum Gasteiger partial charge on any atom is -0.396 e. The molecule has 7 heteroatoms. The average molecular weight is 258 g/mol. The van der Waals surface area contributed by atoms with Crippen molar-refractivity contribution in [2.75, 3.05) is 30.4 Å². The molecule has 0 spiro atoms. The van der Waals surface area contributed by atoms with Gasteiger partial charge >= 0.3 is 0 Å². The number of nitrogens with two attached hydrogens (primary N) is 1. The normalized spacial score (nSPS) is 10.5. The number of aliphatic hydroxyl groups excluding tert-OH is 1. The number of nitrogen functional groups attached to an aromatic ring is 1. The zero-order valence-corrected chi connectivity index (χ0v) is 10.7. The Labute approximate surface area is 105 Å². The van der Waals surface area contributed by atoms with Gasteiger partial charge < -0.3 is 16.2 Å². The molecule has 1 heterocycles. The Kier molecular flexibility index (Phi) is 5.85. The lowest BCUT2D eigenvalue weighted by atomic mass is 10.3. The first kappa shape index (κ1) is 13.9. The van der Waals surface area contributed by atoms with Crippen LogP contribution in [-0.2, 0) is 7.05 Å². The van der Waals surface area contributed by atoms with E-state index in [4.69, 9.17) is 10.8 Å². The third-order valence-electron chi connectivity index (χ3n) is 2.16. The van der Waals surface area contributed by atoms with Crippen LogP contribution >= 0.6 is 11.8 Å². The number of hydrogen-bond donors (Lipinski definition) is 3. The molecule has 17 heavy (non-hydrogen) atoms. The third kappa shape index (κ3) is 4.27. The molecule has 96 valence electrons. The van der Waals surface area contributed by atoms with Crippen molar-refractivity contribution >= 4 is 23.4 Å². The van der Waals surface area contributed by atoms with E-state index in [1.165, 1.54) is 10.9 Å². The molecule has 0 aromatic carbocycles. The predicted molar refractivity (Wildman–Crippen MR) is 69.0 cm³/mol. The predicted octanol–water partition coefficient (Wildman–Crippen LogP) is -0.152. The molecule has 4 N–H and O–H groups in total. The molecule has 0 aliphatic carbocycles. The Morgan fingerprint density at radius 2 is 2.41 bits per heavy atom. The first-order valence-electron chi connectivity index (χ1n) is 5.41. The summed E-state index contributed by atoms with van der Waals surface area (Å²) in [5.74, 6) is 1.52. The van der Waals surface area contributed by atoms with Gasteiger partial charge in [0.25, 0.3) is 5.91 Å². The van der Waals surface area contributed by atoms with Crippen molar-refractivity contribution in [1.29, 1.82) is 0 Å². The van der Waals surface area contributed by atoms with E-state index in [1.807, 2.05) is 0 Å². The fourth-order valence-corrected chi connectivity index (χ4v) is 2.11. The minimum absolute atomic E-state index is 0.203. The van der Waals surface area contributed by atoms with Gasteiger partial charge in [-0.15, -0.1) is 0 Å². The number of rotatable bonds is 7. The molecule has 1 rings (SSSR count). The summed E-state index contributed by atoms with van der Waals surface area (Å²) in [6.07, 6.45) is 2.25. The minimum atomic E-state index is -0.203. The van der Waals surface area contributed by atoms with Gasteiger partial charge in [0.2, 0.25) is 0 Å². The molecular weight excluding hydrogens is 240 g/mol. The summed E-state index contributed by atoms with van der Waals surface area (Å²) in [7, 11) is 1.68. The number of carbonyl (C=O) groups is 1. The van der Waals surface area contributed by atoms with E-state index >= 15 is 0 Å². The van der Waals surface area contributed by atoms with E-state index in [9.17, 15) is 4.79 Å². The van der Waals surface area contributed by atoms with Crippen molar-refractivity contribution in [2.24, 2.45) is 7.05 Å². The molecular formula is C10H18N4O2S. The zero-order valence-electron chi connectivity index (χ0n) is 9.85. The van der Waals surface area contributed by atoms with Crippen LogP contribution in [0.4, 0.5) is 5.69 Å². The molecule has 0 unspecified atom stereocenters. The monoisotopic (exact) mass is 258 g/mol. The van der Waals surface area contributed by atoms with Crippen LogP contribution in [0.1, 0.15) is 16.9 Å². The van der Waals surface area contributed by atoms with Crippen molar-refractivity contribution < 1.29 is 9.90 Å². The summed E-state index contributed by atoms with van der Waals surface area (Å²) in [5.41, 5.74) is 6.42. The van der Waals surface area contributed by atoms with E-state index < -0.39 is 0 Å². The fourth-order valence-electron chi connectivity index (χ4n) is 1.32. The number of hydrogen-bond acceptors (Lipinski definition) is 5. The van der Waals surface area contributed by atoms with Crippen LogP contribution in [0.2, 0.25) is 0 Å². The van der Waals surface area contributed by atoms with Crippen LogP contribution < -0.4 is 11.1 Å². The Morgan fingerprint density at radius 1 is 1.65 bits per heavy atom. The Bertz CT molecular complexity index is 348. The molecule has 0 fully saturated rings. The Hall–Kier alpha value is -1.21. The van der Waals surface area contributed by atoms with E-state index in [2.05, 4.69) is 10.4 Å². The lowest BCUT2D eigenvalue weighted by Gasteiger charge is -2.06. The molecule has 0 radical (unpaired) electrons. The highest BCUT2D eigenvalue weighted by molar-refractivity contribution is 7.99. The van der Waals surface area contributed by atoms with Crippen LogP contribution in [0.5, 0.6) is 0 Å². The second-order valence-corrected chi connectivity index (χ2v) is 4.74. The van der Waals surface area contributed by atoms with Crippen molar-refractivity contribution in [2.45, 2.75) is 6.42 Å². The molecule has 6 nitrogen and oxygen atoms in total. The second-order valence-electron chi connectivity index (χ2n) is 3.52. The molecule has 1 amide bonds. The second kappa shape index (κ2) is 7.18. The van der Waals surface area contributed by atoms with Gasteiger partial charge in [-0.2, -0.15) is 16.9 Å². The van der Waals surface area contributed by atoms with Crippen LogP contribution in [0, 0.1) is 0 Å². The number of anilines is 1. The van der Waals surface area contributed by atoms with Crippen molar-refractivity contribution in [1.82, 2.24) is 15.1 Å². The molecule has 0 aliphatic rings. The van der Waals surface area contributed by atoms with Crippen LogP contribution in [0.15, 0.2) is 6.20 Å². The van der Waals surface area contributed by atoms with Crippen molar-refractivity contribution in [3.8, 4) is 0 Å². The van der Waals surface area contributed by atoms with E-state index in [0.29, 0.717) is 17.9 Å². The Balaban J connectivity index is 2.26. The quantitative estimate of drug-likeness (QED) is 0.591. The molecule has 0 aliphatic heterocycles. The first-order chi connectivity index (χ1) is 8.16. The highest BCUT2D eigenvalue weighted by Crippen LogP contribution is 2.08. The number of nitrogens with zero attached hydrogens (tertiary/aromatic N) is 2. The zero-order chi connectivity index (χ0) is 12.7. The third-order valence-corrected chi connectivity index (χ3v) is 3.23. The number of aryl methyl sites for hydroxylation is 1. The van der Waals surface area contributed by atoms with Gasteiger partial charge in [0.1, 0.15) is 5.69 Å². The number of thioether (sulfide) groups is 1. The lowest BCUT2D eigenvalue weighted by Crippen LogP contribution is -2.28. The maximum atomic E-state index is 11.7. The van der Waals surface area contributed by atoms with E-state index in [1.54, 1.807) is 18.8 Å². The van der Waals surface area contributed by atoms with Gasteiger partial charge in [0.05, 0.1) is 11.9 Å². The Morgan fingerprint density at radius 3 is 3.00 bits per heavy atom. The van der Waals surface area contributed by atoms with Gasteiger partial charge in [-0.05, 0) is 12.2 Å². The number of aromatic nitrogens is 2. The van der Waals surface area contributed by atoms with Gasteiger partial charge in [-0.1, -0.05) is 0 Å². The summed E-state index contributed by atoms with van der Waals surface area (Å²) in [4.78, 5) is 11.7. The number of aliphatic hydroxyl groups is 1. The van der Waals surface area contributed by atoms with Crippen LogP contribution in [0.25, 0.3) is 0 Å². The van der Waals surface area contributed by atoms with Crippen molar-refractivity contribution in [3.05, 3.63) is 11.9 Å². The molecule has 1 aromatic rings. The SMILES string of the molecule is Cn1ncc(N)c1C(=O)NCCSCCCO. The fraction of sp³-hybridized carbons (Fsp3) is 0.600. The summed E-state index contributed by atoms with van der Waals surface area (Å²) >= 11 is 1.70. The van der Waals surface area contributed by atoms with Crippen LogP contribution in [0.3, 0.4) is 0 Å². The van der Waals surface area contributed by atoms with Gasteiger partial charge in [0.15, 0.2) is 0 Å². The van der Waals surface area contributed by atoms with Crippen molar-refractivity contribution in [3.63, 3.8) is 0 Å². The smallest absolute Gasteiger partial charge is 0.271 e. The highest BCUT2D eigenvalue weighted by Gasteiger charge is 2.13. The maximum absolute atomic E-state index is 11.7. The topological polar surface area (TPSA) is 93.2 Å². The summed E-state index contributed by atoms with van der Waals surface area (Å²) < 4.78 is 1.46. The summed E-state index contributed by atoms with van der Waals surface area (Å²) in [5, 5.41) is 15.3. The molecule has 1 aromatic heterocycles. The van der Waals surface area contributed by atoms with E-state index in [-0.39, 0.29) is 12.5 Å². The summed E-state index contributed by atoms with van der Waals surface area (Å²) in [6.45, 7) is 0.796. The van der Waals surface area contributed by atoms with Gasteiger partial charge in [0, 0.05) is 26.0 Å². The molecule has 0 saturated heterocycles. The number of amides is 1. The van der Waals surface area contributed by atoms with E-state index in [0.717, 1.165) is 17.9 Å². The lowest BCUT2D eigenvalue weighted by molar-refractivity contribution is 0.0947. The summed E-state index contributed by atoms with van der Waals surface area (Å²) in [6, 6.07) is 0. The highest BCUT2D eigenvalue weighted by atomic mass is 32.2. The maximum Gasteiger partial charge on any atom is 0.271 e. The molecule has 0 bridgehead atoms. The number of carbonyl (C=O) groups excluding carboxylic acids is 1. The first-order valence-corrected chi connectivity index (χ1v) is 6.56. The van der Waals surface area contributed by atoms with Crippen LogP contribution in [-0.4, -0.2) is 45.5 Å². The van der Waals surface area contributed by atoms with Gasteiger partial charge in [-0.3, -0.25) is 9.48 Å². The average Bonchev–Trinajstić information content (AvgIpc) is 2.63. The number of nitrogens with one attached hydrogen (secondary N) is 1. The molecule has 0 saturated carbocycles.